The highest BCUT2D eigenvalue weighted by atomic mass is 16.5. The van der Waals surface area contributed by atoms with Gasteiger partial charge in [0.15, 0.2) is 0 Å². The molecular weight excluding hydrogens is 230 g/mol. The minimum Gasteiger partial charge on any atom is -0.495 e. The third kappa shape index (κ3) is 2.73. The Hall–Kier alpha value is -1.75. The number of likely N-dealkylation sites (N-methyl/N-ethyl adjacent to an activating group) is 1. The third-order valence-corrected chi connectivity index (χ3v) is 3.25. The molecule has 5 heteroatoms. The van der Waals surface area contributed by atoms with Crippen LogP contribution in [0.1, 0.15) is 0 Å². The lowest BCUT2D eigenvalue weighted by molar-refractivity contribution is -0.105. The van der Waals surface area contributed by atoms with Crippen LogP contribution in [0.4, 0.5) is 11.4 Å². The van der Waals surface area contributed by atoms with Crippen molar-refractivity contribution in [3.63, 3.8) is 0 Å². The zero-order valence-electron chi connectivity index (χ0n) is 10.8. The topological polar surface area (TPSA) is 44.8 Å². The maximum atomic E-state index is 10.4. The number of benzene rings is 1. The fourth-order valence-corrected chi connectivity index (χ4v) is 2.14. The number of nitrogens with one attached hydrogen (secondary N) is 1. The van der Waals surface area contributed by atoms with Gasteiger partial charge in [-0.1, -0.05) is 0 Å². The minimum absolute atomic E-state index is 0.671. The highest BCUT2D eigenvalue weighted by Crippen LogP contribution is 2.31. The van der Waals surface area contributed by atoms with E-state index >= 15 is 0 Å². The van der Waals surface area contributed by atoms with E-state index in [1.807, 2.05) is 18.2 Å². The predicted molar refractivity (Wildman–Crippen MR) is 72.4 cm³/mol. The van der Waals surface area contributed by atoms with Crippen molar-refractivity contribution in [3.05, 3.63) is 18.2 Å². The molecule has 1 heterocycles. The van der Waals surface area contributed by atoms with Gasteiger partial charge < -0.3 is 19.9 Å². The first kappa shape index (κ1) is 12.7. The number of rotatable bonds is 4. The van der Waals surface area contributed by atoms with Crippen molar-refractivity contribution < 1.29 is 9.53 Å². The monoisotopic (exact) mass is 249 g/mol. The molecule has 0 bridgehead atoms. The molecule has 0 radical (unpaired) electrons. The summed E-state index contributed by atoms with van der Waals surface area (Å²) < 4.78 is 5.40. The molecule has 1 saturated heterocycles. The summed E-state index contributed by atoms with van der Waals surface area (Å²) in [6.45, 7) is 4.09. The summed E-state index contributed by atoms with van der Waals surface area (Å²) in [5.41, 5.74) is 1.83. The predicted octanol–water partition coefficient (Wildman–Crippen LogP) is 1.02. The fourth-order valence-electron chi connectivity index (χ4n) is 2.14. The molecule has 0 atom stereocenters. The van der Waals surface area contributed by atoms with E-state index in [2.05, 4.69) is 22.2 Å². The first-order valence-electron chi connectivity index (χ1n) is 6.06. The van der Waals surface area contributed by atoms with Gasteiger partial charge in [0.25, 0.3) is 0 Å². The maximum Gasteiger partial charge on any atom is 0.211 e. The number of amides is 1. The van der Waals surface area contributed by atoms with Gasteiger partial charge in [-0.25, -0.2) is 0 Å². The summed E-state index contributed by atoms with van der Waals surface area (Å²) >= 11 is 0. The second-order valence-corrected chi connectivity index (χ2v) is 4.44. The average molecular weight is 249 g/mol. The molecule has 0 saturated carbocycles. The van der Waals surface area contributed by atoms with Gasteiger partial charge in [-0.2, -0.15) is 0 Å². The molecule has 1 aliphatic heterocycles. The fraction of sp³-hybridized carbons (Fsp3) is 0.462. The normalized spacial score (nSPS) is 16.4. The minimum atomic E-state index is 0.671. The van der Waals surface area contributed by atoms with E-state index in [0.29, 0.717) is 6.41 Å². The highest BCUT2D eigenvalue weighted by Gasteiger charge is 2.17. The summed E-state index contributed by atoms with van der Waals surface area (Å²) in [6.07, 6.45) is 0.671. The van der Waals surface area contributed by atoms with Crippen LogP contribution in [0.2, 0.25) is 0 Å². The summed E-state index contributed by atoms with van der Waals surface area (Å²) in [5, 5.41) is 2.63. The highest BCUT2D eigenvalue weighted by molar-refractivity contribution is 5.75. The Morgan fingerprint density at radius 2 is 2.00 bits per heavy atom. The number of anilines is 2. The van der Waals surface area contributed by atoms with Gasteiger partial charge in [0.2, 0.25) is 6.41 Å². The van der Waals surface area contributed by atoms with Crippen LogP contribution in [0.25, 0.3) is 0 Å². The van der Waals surface area contributed by atoms with Gasteiger partial charge in [-0.05, 0) is 19.2 Å². The molecule has 1 N–H and O–H groups in total. The molecule has 5 nitrogen and oxygen atoms in total. The van der Waals surface area contributed by atoms with E-state index in [1.54, 1.807) is 7.11 Å². The zero-order chi connectivity index (χ0) is 13.0. The standard InChI is InChI=1S/C13H19N3O2/c1-15-5-7-16(8-6-15)12-4-3-11(14-10-17)9-13(12)18-2/h3-4,9-10H,5-8H2,1-2H3,(H,14,17). The van der Waals surface area contributed by atoms with Crippen molar-refractivity contribution in [2.24, 2.45) is 0 Å². The number of nitrogens with zero attached hydrogens (tertiary/aromatic N) is 2. The SMILES string of the molecule is COc1cc(NC=O)ccc1N1CCN(C)CC1. The molecular formula is C13H19N3O2. The molecule has 1 amide bonds. The maximum absolute atomic E-state index is 10.4. The number of ether oxygens (including phenoxy) is 1. The summed E-state index contributed by atoms with van der Waals surface area (Å²) in [7, 11) is 3.78. The lowest BCUT2D eigenvalue weighted by atomic mass is 10.2. The molecule has 0 aliphatic carbocycles. The van der Waals surface area contributed by atoms with Gasteiger partial charge in [0.05, 0.1) is 12.8 Å². The molecule has 0 unspecified atom stereocenters. The molecule has 1 aromatic carbocycles. The summed E-state index contributed by atoms with van der Waals surface area (Å²) in [5.74, 6) is 0.798. The van der Waals surface area contributed by atoms with Crippen molar-refractivity contribution in [3.8, 4) is 5.75 Å². The molecule has 1 aliphatic rings. The van der Waals surface area contributed by atoms with E-state index in [-0.39, 0.29) is 0 Å². The molecule has 1 fully saturated rings. The largest absolute Gasteiger partial charge is 0.495 e. The van der Waals surface area contributed by atoms with Gasteiger partial charge >= 0.3 is 0 Å². The molecule has 98 valence electrons. The second kappa shape index (κ2) is 5.73. The van der Waals surface area contributed by atoms with Gasteiger partial charge in [-0.15, -0.1) is 0 Å². The van der Waals surface area contributed by atoms with Gasteiger partial charge in [0, 0.05) is 37.9 Å². The smallest absolute Gasteiger partial charge is 0.211 e. The van der Waals surface area contributed by atoms with Crippen molar-refractivity contribution in [2.45, 2.75) is 0 Å². The first-order valence-corrected chi connectivity index (χ1v) is 6.06. The van der Waals surface area contributed by atoms with Crippen LogP contribution in [0.15, 0.2) is 18.2 Å². The number of carbonyl (C=O) groups is 1. The number of piperazine rings is 1. The molecule has 0 spiro atoms. The van der Waals surface area contributed by atoms with Crippen molar-refractivity contribution >= 4 is 17.8 Å². The van der Waals surface area contributed by atoms with Crippen LogP contribution < -0.4 is 15.0 Å². The van der Waals surface area contributed by atoms with Crippen LogP contribution in [-0.4, -0.2) is 51.6 Å². The summed E-state index contributed by atoms with van der Waals surface area (Å²) in [6, 6.07) is 5.74. The molecule has 2 rings (SSSR count). The quantitative estimate of drug-likeness (QED) is 0.809. The lowest BCUT2D eigenvalue weighted by Crippen LogP contribution is -2.44. The van der Waals surface area contributed by atoms with Crippen LogP contribution in [0.5, 0.6) is 5.75 Å². The van der Waals surface area contributed by atoms with Gasteiger partial charge in [-0.3, -0.25) is 4.79 Å². The van der Waals surface area contributed by atoms with Gasteiger partial charge in [0.1, 0.15) is 5.75 Å². The molecule has 18 heavy (non-hydrogen) atoms. The van der Waals surface area contributed by atoms with Crippen molar-refractivity contribution in [1.82, 2.24) is 4.90 Å². The van der Waals surface area contributed by atoms with Crippen molar-refractivity contribution in [1.29, 1.82) is 0 Å². The first-order chi connectivity index (χ1) is 8.74. The molecule has 1 aromatic rings. The van der Waals surface area contributed by atoms with Crippen LogP contribution in [0.3, 0.4) is 0 Å². The Morgan fingerprint density at radius 3 is 2.61 bits per heavy atom. The van der Waals surface area contributed by atoms with E-state index in [0.717, 1.165) is 43.3 Å². The number of carbonyl (C=O) groups excluding carboxylic acids is 1. The zero-order valence-corrected chi connectivity index (χ0v) is 10.8. The van der Waals surface area contributed by atoms with E-state index in [4.69, 9.17) is 4.74 Å². The van der Waals surface area contributed by atoms with Crippen LogP contribution in [-0.2, 0) is 4.79 Å². The second-order valence-electron chi connectivity index (χ2n) is 4.44. The Kier molecular flexibility index (Phi) is 4.04. The van der Waals surface area contributed by atoms with E-state index in [1.165, 1.54) is 0 Å². The average Bonchev–Trinajstić information content (AvgIpc) is 2.40. The molecule has 0 aromatic heterocycles. The Balaban J connectivity index is 2.19. The lowest BCUT2D eigenvalue weighted by Gasteiger charge is -2.34. The van der Waals surface area contributed by atoms with E-state index < -0.39 is 0 Å². The number of hydrogen-bond acceptors (Lipinski definition) is 4. The Morgan fingerprint density at radius 1 is 1.28 bits per heavy atom. The van der Waals surface area contributed by atoms with Crippen LogP contribution >= 0.6 is 0 Å². The van der Waals surface area contributed by atoms with E-state index in [9.17, 15) is 4.79 Å². The van der Waals surface area contributed by atoms with Crippen molar-refractivity contribution in [2.75, 3.05) is 50.6 Å². The Bertz CT molecular complexity index is 415. The third-order valence-electron chi connectivity index (χ3n) is 3.25. The summed E-state index contributed by atoms with van der Waals surface area (Å²) in [4.78, 5) is 15.0. The van der Waals surface area contributed by atoms with Crippen LogP contribution in [0, 0.1) is 0 Å². The Labute approximate surface area is 107 Å². The number of hydrogen-bond donors (Lipinski definition) is 1. The number of methoxy groups -OCH3 is 1.